The van der Waals surface area contributed by atoms with E-state index in [0.717, 1.165) is 12.8 Å². The Morgan fingerprint density at radius 2 is 2.17 bits per heavy atom. The van der Waals surface area contributed by atoms with Crippen LogP contribution in [-0.4, -0.2) is 40.4 Å². The largest absolute Gasteiger partial charge is 0.444 e. The molecule has 0 spiro atoms. The third-order valence-corrected chi connectivity index (χ3v) is 4.19. The molecule has 8 heteroatoms. The lowest BCUT2D eigenvalue weighted by Crippen LogP contribution is -2.46. The molecule has 0 aromatic carbocycles. The van der Waals surface area contributed by atoms with E-state index in [2.05, 4.69) is 31.5 Å². The molecule has 1 aromatic rings. The SMILES string of the molecule is CC(C)(C)OC(=O)NC1(CNCC(O)c2cc(Cl)nc(Br)c2)CC1. The zero-order chi connectivity index (χ0) is 18.0. The predicted octanol–water partition coefficient (Wildman–Crippen LogP) is 3.18. The minimum Gasteiger partial charge on any atom is -0.444 e. The van der Waals surface area contributed by atoms with Crippen LogP contribution in [0.3, 0.4) is 0 Å². The number of pyridine rings is 1. The molecule has 0 bridgehead atoms. The van der Waals surface area contributed by atoms with Gasteiger partial charge < -0.3 is 20.5 Å². The Morgan fingerprint density at radius 3 is 2.71 bits per heavy atom. The molecule has 1 amide bonds. The van der Waals surface area contributed by atoms with Crippen LogP contribution in [0, 0.1) is 0 Å². The fourth-order valence-electron chi connectivity index (χ4n) is 2.26. The minimum atomic E-state index is -0.709. The van der Waals surface area contributed by atoms with E-state index in [9.17, 15) is 9.90 Å². The second-order valence-corrected chi connectivity index (χ2v) is 8.30. The van der Waals surface area contributed by atoms with Gasteiger partial charge in [-0.15, -0.1) is 0 Å². The van der Waals surface area contributed by atoms with Crippen molar-refractivity contribution in [2.45, 2.75) is 50.9 Å². The monoisotopic (exact) mass is 419 g/mol. The van der Waals surface area contributed by atoms with E-state index >= 15 is 0 Å². The van der Waals surface area contributed by atoms with Crippen molar-refractivity contribution in [1.29, 1.82) is 0 Å². The minimum absolute atomic E-state index is 0.279. The molecule has 1 heterocycles. The summed E-state index contributed by atoms with van der Waals surface area (Å²) >= 11 is 9.14. The van der Waals surface area contributed by atoms with E-state index < -0.39 is 17.8 Å². The summed E-state index contributed by atoms with van der Waals surface area (Å²) in [7, 11) is 0. The molecule has 1 aliphatic carbocycles. The number of aliphatic hydroxyl groups excluding tert-OH is 1. The van der Waals surface area contributed by atoms with Crippen LogP contribution in [-0.2, 0) is 4.74 Å². The third-order valence-electron chi connectivity index (χ3n) is 3.59. The molecule has 2 rings (SSSR count). The van der Waals surface area contributed by atoms with Gasteiger partial charge in [0.05, 0.1) is 11.6 Å². The standard InChI is InChI=1S/C16H23BrClN3O3/c1-15(2,3)24-14(23)21-16(4-5-16)9-19-8-11(22)10-6-12(17)20-13(18)7-10/h6-7,11,19,22H,4-5,8-9H2,1-3H3,(H,21,23). The zero-order valence-corrected chi connectivity index (χ0v) is 16.4. The molecular formula is C16H23BrClN3O3. The smallest absolute Gasteiger partial charge is 0.408 e. The van der Waals surface area contributed by atoms with E-state index in [1.807, 2.05) is 20.8 Å². The van der Waals surface area contributed by atoms with Crippen molar-refractivity contribution in [3.63, 3.8) is 0 Å². The quantitative estimate of drug-likeness (QED) is 0.616. The number of aromatic nitrogens is 1. The van der Waals surface area contributed by atoms with Crippen molar-refractivity contribution in [1.82, 2.24) is 15.6 Å². The number of carbonyl (C=O) groups is 1. The van der Waals surface area contributed by atoms with Gasteiger partial charge in [0.1, 0.15) is 15.4 Å². The summed E-state index contributed by atoms with van der Waals surface area (Å²) in [5.41, 5.74) is -0.115. The van der Waals surface area contributed by atoms with Gasteiger partial charge in [-0.2, -0.15) is 0 Å². The summed E-state index contributed by atoms with van der Waals surface area (Å²) in [4.78, 5) is 15.9. The van der Waals surface area contributed by atoms with Gasteiger partial charge in [0.15, 0.2) is 0 Å². The third kappa shape index (κ3) is 6.20. The Labute approximate surface area is 155 Å². The average molecular weight is 421 g/mol. The normalized spacial score (nSPS) is 17.2. The maximum absolute atomic E-state index is 11.9. The fourth-order valence-corrected chi connectivity index (χ4v) is 3.03. The first-order valence-corrected chi connectivity index (χ1v) is 8.99. The van der Waals surface area contributed by atoms with Crippen molar-refractivity contribution in [3.05, 3.63) is 27.5 Å². The molecule has 1 unspecified atom stereocenters. The number of halogens is 2. The first-order chi connectivity index (χ1) is 11.1. The number of nitrogens with one attached hydrogen (secondary N) is 2. The highest BCUT2D eigenvalue weighted by Gasteiger charge is 2.44. The van der Waals surface area contributed by atoms with Crippen LogP contribution in [0.25, 0.3) is 0 Å². The number of aliphatic hydroxyl groups is 1. The van der Waals surface area contributed by atoms with Gasteiger partial charge in [-0.25, -0.2) is 9.78 Å². The molecule has 1 fully saturated rings. The second-order valence-electron chi connectivity index (χ2n) is 7.10. The summed E-state index contributed by atoms with van der Waals surface area (Å²) < 4.78 is 5.86. The number of nitrogens with zero attached hydrogens (tertiary/aromatic N) is 1. The van der Waals surface area contributed by atoms with E-state index in [1.165, 1.54) is 0 Å². The molecule has 134 valence electrons. The van der Waals surface area contributed by atoms with Gasteiger partial charge in [0.25, 0.3) is 0 Å². The molecule has 3 N–H and O–H groups in total. The van der Waals surface area contributed by atoms with E-state index in [1.54, 1.807) is 12.1 Å². The van der Waals surface area contributed by atoms with Crippen LogP contribution in [0.4, 0.5) is 4.79 Å². The van der Waals surface area contributed by atoms with E-state index in [4.69, 9.17) is 16.3 Å². The topological polar surface area (TPSA) is 83.5 Å². The fraction of sp³-hybridized carbons (Fsp3) is 0.625. The Hall–Kier alpha value is -0.890. The lowest BCUT2D eigenvalue weighted by molar-refractivity contribution is 0.0495. The van der Waals surface area contributed by atoms with Gasteiger partial charge in [-0.1, -0.05) is 11.6 Å². The van der Waals surface area contributed by atoms with Crippen molar-refractivity contribution >= 4 is 33.6 Å². The Morgan fingerprint density at radius 1 is 1.50 bits per heavy atom. The van der Waals surface area contributed by atoms with Gasteiger partial charge in [-0.05, 0) is 67.2 Å². The molecule has 1 saturated carbocycles. The molecule has 0 radical (unpaired) electrons. The molecule has 0 saturated heterocycles. The number of rotatable bonds is 6. The number of hydrogen-bond acceptors (Lipinski definition) is 5. The summed E-state index contributed by atoms with van der Waals surface area (Å²) in [6, 6.07) is 3.36. The van der Waals surface area contributed by atoms with Crippen LogP contribution in [0.15, 0.2) is 16.7 Å². The Kier molecular flexibility index (Phi) is 6.12. The summed E-state index contributed by atoms with van der Waals surface area (Å²) in [5.74, 6) is 0. The van der Waals surface area contributed by atoms with Crippen LogP contribution in [0.1, 0.15) is 45.3 Å². The highest BCUT2D eigenvalue weighted by atomic mass is 79.9. The summed E-state index contributed by atoms with van der Waals surface area (Å²) in [6.07, 6.45) is 0.663. The summed E-state index contributed by atoms with van der Waals surface area (Å²) in [5, 5.41) is 16.7. The Bertz CT molecular complexity index is 582. The number of carbonyl (C=O) groups excluding carboxylic acids is 1. The lowest BCUT2D eigenvalue weighted by atomic mass is 10.1. The summed E-state index contributed by atoms with van der Waals surface area (Å²) in [6.45, 7) is 6.42. The second kappa shape index (κ2) is 7.56. The van der Waals surface area contributed by atoms with E-state index in [-0.39, 0.29) is 5.54 Å². The van der Waals surface area contributed by atoms with Crippen LogP contribution < -0.4 is 10.6 Å². The van der Waals surface area contributed by atoms with Crippen molar-refractivity contribution < 1.29 is 14.6 Å². The van der Waals surface area contributed by atoms with Crippen LogP contribution >= 0.6 is 27.5 Å². The van der Waals surface area contributed by atoms with Crippen LogP contribution in [0.2, 0.25) is 5.15 Å². The zero-order valence-electron chi connectivity index (χ0n) is 14.0. The van der Waals surface area contributed by atoms with Crippen LogP contribution in [0.5, 0.6) is 0 Å². The maximum atomic E-state index is 11.9. The number of alkyl carbamates (subject to hydrolysis) is 1. The number of ether oxygens (including phenoxy) is 1. The molecule has 1 aromatic heterocycles. The average Bonchev–Trinajstić information content (AvgIpc) is 3.14. The van der Waals surface area contributed by atoms with E-state index in [0.29, 0.717) is 28.4 Å². The number of amides is 1. The highest BCUT2D eigenvalue weighted by Crippen LogP contribution is 2.35. The van der Waals surface area contributed by atoms with Gasteiger partial charge in [0, 0.05) is 13.1 Å². The molecule has 24 heavy (non-hydrogen) atoms. The highest BCUT2D eigenvalue weighted by molar-refractivity contribution is 9.10. The molecule has 6 nitrogen and oxygen atoms in total. The van der Waals surface area contributed by atoms with Crippen molar-refractivity contribution in [2.24, 2.45) is 0 Å². The Balaban J connectivity index is 1.80. The first-order valence-electron chi connectivity index (χ1n) is 7.82. The van der Waals surface area contributed by atoms with Crippen molar-refractivity contribution in [2.75, 3.05) is 13.1 Å². The first kappa shape index (κ1) is 19.4. The lowest BCUT2D eigenvalue weighted by Gasteiger charge is -2.24. The van der Waals surface area contributed by atoms with Gasteiger partial charge in [-0.3, -0.25) is 0 Å². The molecular weight excluding hydrogens is 398 g/mol. The van der Waals surface area contributed by atoms with Gasteiger partial charge in [0.2, 0.25) is 0 Å². The number of hydrogen-bond donors (Lipinski definition) is 3. The molecule has 1 aliphatic rings. The predicted molar refractivity (Wildman–Crippen MR) is 96.1 cm³/mol. The molecule has 0 aliphatic heterocycles. The van der Waals surface area contributed by atoms with Gasteiger partial charge >= 0.3 is 6.09 Å². The van der Waals surface area contributed by atoms with Crippen molar-refractivity contribution in [3.8, 4) is 0 Å². The maximum Gasteiger partial charge on any atom is 0.408 e. The molecule has 1 atom stereocenters.